The van der Waals surface area contributed by atoms with Crippen LogP contribution in [0.2, 0.25) is 0 Å². The van der Waals surface area contributed by atoms with Crippen LogP contribution < -0.4 is 5.32 Å². The van der Waals surface area contributed by atoms with Crippen molar-refractivity contribution < 1.29 is 18.3 Å². The van der Waals surface area contributed by atoms with Crippen LogP contribution in [0.5, 0.6) is 0 Å². The molecule has 0 amide bonds. The molecule has 0 saturated carbocycles. The molecule has 1 atom stereocenters. The van der Waals surface area contributed by atoms with Gasteiger partial charge in [-0.25, -0.2) is 0 Å². The minimum Gasteiger partial charge on any atom is -0.497 e. The van der Waals surface area contributed by atoms with E-state index in [1.54, 1.807) is 7.11 Å². The van der Waals surface area contributed by atoms with E-state index in [-0.39, 0.29) is 12.2 Å². The van der Waals surface area contributed by atoms with Gasteiger partial charge >= 0.3 is 7.60 Å². The Hall–Kier alpha value is -2.17. The third-order valence-corrected chi connectivity index (χ3v) is 7.26. The minimum atomic E-state index is -3.27. The minimum absolute atomic E-state index is 0.0956. The lowest BCUT2D eigenvalue weighted by Gasteiger charge is -2.38. The number of hydrogen-bond acceptors (Lipinski definition) is 5. The average Bonchev–Trinajstić information content (AvgIpc) is 2.79. The first kappa shape index (κ1) is 21.5. The van der Waals surface area contributed by atoms with Gasteiger partial charge in [-0.3, -0.25) is 9.88 Å². The van der Waals surface area contributed by atoms with Crippen molar-refractivity contribution in [1.29, 1.82) is 0 Å². The number of ether oxygens (including phenoxy) is 1. The smallest absolute Gasteiger partial charge is 0.332 e. The van der Waals surface area contributed by atoms with Gasteiger partial charge in [-0.2, -0.15) is 0 Å². The molecule has 0 unspecified atom stereocenters. The first-order valence-electron chi connectivity index (χ1n) is 9.54. The zero-order chi connectivity index (χ0) is 20.7. The van der Waals surface area contributed by atoms with Crippen LogP contribution in [-0.4, -0.2) is 33.0 Å². The van der Waals surface area contributed by atoms with Crippen molar-refractivity contribution in [3.8, 4) is 0 Å². The lowest BCUT2D eigenvalue weighted by molar-refractivity contribution is 0.258. The maximum absolute atomic E-state index is 13.1. The summed E-state index contributed by atoms with van der Waals surface area (Å²) in [4.78, 5) is 0. The van der Waals surface area contributed by atoms with Crippen LogP contribution in [0.3, 0.4) is 0 Å². The molecular weight excluding hydrogens is 385 g/mol. The van der Waals surface area contributed by atoms with Gasteiger partial charge in [0.15, 0.2) is 0 Å². The molecule has 5 nitrogen and oxygen atoms in total. The summed E-state index contributed by atoms with van der Waals surface area (Å²) in [6.07, 6.45) is 6.71. The number of methoxy groups -OCH3 is 1. The van der Waals surface area contributed by atoms with Gasteiger partial charge in [0.25, 0.3) is 0 Å². The average molecular weight is 413 g/mol. The van der Waals surface area contributed by atoms with E-state index in [4.69, 9.17) is 13.8 Å². The molecule has 0 saturated heterocycles. The molecule has 6 heteroatoms. The molecule has 0 heterocycles. The van der Waals surface area contributed by atoms with E-state index in [0.29, 0.717) is 6.42 Å². The van der Waals surface area contributed by atoms with E-state index in [0.717, 1.165) is 16.9 Å². The van der Waals surface area contributed by atoms with Gasteiger partial charge < -0.3 is 13.8 Å². The van der Waals surface area contributed by atoms with Crippen molar-refractivity contribution in [3.05, 3.63) is 95.8 Å². The third-order valence-electron chi connectivity index (χ3n) is 5.20. The van der Waals surface area contributed by atoms with Crippen molar-refractivity contribution in [3.63, 3.8) is 0 Å². The Bertz CT molecular complexity index is 850. The molecule has 0 aromatic heterocycles. The molecular formula is C23H28NO4P. The lowest BCUT2D eigenvalue weighted by atomic mass is 9.88. The summed E-state index contributed by atoms with van der Waals surface area (Å²) in [6, 6.07) is 20.4. The molecule has 0 spiro atoms. The molecule has 29 heavy (non-hydrogen) atoms. The fourth-order valence-corrected chi connectivity index (χ4v) is 4.99. The summed E-state index contributed by atoms with van der Waals surface area (Å²) in [6.45, 7) is 0. The van der Waals surface area contributed by atoms with Crippen LogP contribution in [0.25, 0.3) is 0 Å². The summed E-state index contributed by atoms with van der Waals surface area (Å²) < 4.78 is 29.0. The highest BCUT2D eigenvalue weighted by Crippen LogP contribution is 2.51. The largest absolute Gasteiger partial charge is 0.497 e. The number of rotatable bonds is 9. The number of allylic oxidation sites excluding steroid dienone is 1. The van der Waals surface area contributed by atoms with E-state index >= 15 is 0 Å². The van der Waals surface area contributed by atoms with Gasteiger partial charge in [-0.15, -0.1) is 0 Å². The van der Waals surface area contributed by atoms with Crippen LogP contribution in [0.4, 0.5) is 0 Å². The van der Waals surface area contributed by atoms with E-state index in [1.807, 2.05) is 54.6 Å². The van der Waals surface area contributed by atoms with Crippen molar-refractivity contribution in [2.45, 2.75) is 18.0 Å². The topological polar surface area (TPSA) is 56.8 Å². The fourth-order valence-electron chi connectivity index (χ4n) is 3.57. The van der Waals surface area contributed by atoms with Crippen molar-refractivity contribution in [1.82, 2.24) is 5.32 Å². The first-order chi connectivity index (χ1) is 14.0. The quantitative estimate of drug-likeness (QED) is 0.581. The van der Waals surface area contributed by atoms with E-state index < -0.39 is 13.1 Å². The van der Waals surface area contributed by atoms with Gasteiger partial charge in [-0.05, 0) is 29.7 Å². The predicted molar refractivity (Wildman–Crippen MR) is 116 cm³/mol. The Morgan fingerprint density at radius 1 is 0.966 bits per heavy atom. The monoisotopic (exact) mass is 413 g/mol. The predicted octanol–water partition coefficient (Wildman–Crippen LogP) is 5.08. The highest BCUT2D eigenvalue weighted by Gasteiger charge is 2.40. The summed E-state index contributed by atoms with van der Waals surface area (Å²) in [5.41, 5.74) is 1.62. The summed E-state index contributed by atoms with van der Waals surface area (Å²) in [5, 5.41) is 3.75. The second kappa shape index (κ2) is 9.55. The normalized spacial score (nSPS) is 19.2. The van der Waals surface area contributed by atoms with E-state index in [9.17, 15) is 4.57 Å². The van der Waals surface area contributed by atoms with Gasteiger partial charge in [-0.1, -0.05) is 66.7 Å². The van der Waals surface area contributed by atoms with Gasteiger partial charge in [0, 0.05) is 14.2 Å². The van der Waals surface area contributed by atoms with Crippen molar-refractivity contribution in [2.24, 2.45) is 0 Å². The third kappa shape index (κ3) is 5.26. The Balaban J connectivity index is 2.01. The molecule has 0 radical (unpaired) electrons. The van der Waals surface area contributed by atoms with Crippen LogP contribution in [-0.2, 0) is 18.3 Å². The second-order valence-corrected chi connectivity index (χ2v) is 9.31. The SMILES string of the molecule is COC1=CC[C@](CP(=O)(OC)OC)(NC(c2ccccc2)c2ccccc2)C=C1. The number of nitrogens with one attached hydrogen (secondary N) is 1. The number of hydrogen-bond donors (Lipinski definition) is 1. The van der Waals surface area contributed by atoms with E-state index in [1.165, 1.54) is 14.2 Å². The molecule has 154 valence electrons. The van der Waals surface area contributed by atoms with Crippen LogP contribution in [0, 0.1) is 0 Å². The molecule has 3 rings (SSSR count). The Kier molecular flexibility index (Phi) is 7.09. The number of benzene rings is 2. The molecule has 0 fully saturated rings. The lowest BCUT2D eigenvalue weighted by Crippen LogP contribution is -2.49. The van der Waals surface area contributed by atoms with Gasteiger partial charge in [0.2, 0.25) is 0 Å². The summed E-state index contributed by atoms with van der Waals surface area (Å²) in [7, 11) is 1.22. The van der Waals surface area contributed by atoms with E-state index in [2.05, 4.69) is 29.6 Å². The Labute approximate surface area is 172 Å². The molecule has 1 N–H and O–H groups in total. The second-order valence-electron chi connectivity index (χ2n) is 7.04. The molecule has 1 aliphatic rings. The van der Waals surface area contributed by atoms with Crippen molar-refractivity contribution in [2.75, 3.05) is 27.5 Å². The summed E-state index contributed by atoms with van der Waals surface area (Å²) >= 11 is 0. The van der Waals surface area contributed by atoms with Crippen LogP contribution in [0.15, 0.2) is 84.7 Å². The Morgan fingerprint density at radius 3 is 1.93 bits per heavy atom. The first-order valence-corrected chi connectivity index (χ1v) is 11.3. The van der Waals surface area contributed by atoms with Crippen LogP contribution in [0.1, 0.15) is 23.6 Å². The fraction of sp³-hybridized carbons (Fsp3) is 0.304. The zero-order valence-electron chi connectivity index (χ0n) is 17.1. The van der Waals surface area contributed by atoms with Gasteiger partial charge in [0.1, 0.15) is 5.76 Å². The summed E-state index contributed by atoms with van der Waals surface area (Å²) in [5.74, 6) is 0.781. The van der Waals surface area contributed by atoms with Gasteiger partial charge in [0.05, 0.1) is 24.9 Å². The molecule has 2 aromatic carbocycles. The molecule has 0 bridgehead atoms. The molecule has 1 aliphatic carbocycles. The Morgan fingerprint density at radius 2 is 1.52 bits per heavy atom. The highest BCUT2D eigenvalue weighted by molar-refractivity contribution is 7.53. The van der Waals surface area contributed by atoms with Crippen LogP contribution >= 0.6 is 7.60 Å². The van der Waals surface area contributed by atoms with Crippen molar-refractivity contribution >= 4 is 7.60 Å². The highest BCUT2D eigenvalue weighted by atomic mass is 31.2. The zero-order valence-corrected chi connectivity index (χ0v) is 18.0. The standard InChI is InChI=1S/C23H28NO4P/c1-26-21-14-16-23(17-15-21,18-29(25,27-2)28-3)24-22(19-10-6-4-7-11-19)20-12-8-5-9-13-20/h4-16,22,24H,17-18H2,1-3H3/t23-/m1/s1. The maximum atomic E-state index is 13.1. The molecule has 2 aromatic rings. The maximum Gasteiger partial charge on any atom is 0.332 e. The molecule has 0 aliphatic heterocycles.